The third-order valence-corrected chi connectivity index (χ3v) is 6.90. The number of ketones is 1. The van der Waals surface area contributed by atoms with Crippen LogP contribution >= 0.6 is 23.1 Å². The van der Waals surface area contributed by atoms with Gasteiger partial charge in [0.25, 0.3) is 0 Å². The first-order valence-electron chi connectivity index (χ1n) is 8.51. The van der Waals surface area contributed by atoms with Crippen LogP contribution in [0.25, 0.3) is 21.3 Å². The molecule has 0 radical (unpaired) electrons. The number of benzene rings is 3. The second-order valence-corrected chi connectivity index (χ2v) is 8.62. The lowest BCUT2D eigenvalue weighted by Gasteiger charge is -2.04. The normalized spacial score (nSPS) is 12.2. The average molecular weight is 374 g/mol. The first-order chi connectivity index (χ1) is 12.8. The van der Waals surface area contributed by atoms with Gasteiger partial charge in [-0.3, -0.25) is 4.79 Å². The lowest BCUT2D eigenvalue weighted by Crippen LogP contribution is -2.03. The molecule has 5 rings (SSSR count). The average Bonchev–Trinajstić information content (AvgIpc) is 3.26. The Hall–Kier alpha value is -2.43. The van der Waals surface area contributed by atoms with Gasteiger partial charge in [-0.15, -0.1) is 11.3 Å². The molecule has 0 N–H and O–H groups in total. The monoisotopic (exact) mass is 373 g/mol. The van der Waals surface area contributed by atoms with E-state index >= 15 is 0 Å². The van der Waals surface area contributed by atoms with Gasteiger partial charge in [-0.05, 0) is 46.9 Å². The summed E-state index contributed by atoms with van der Waals surface area (Å²) in [6.07, 6.45) is 0.914. The molecule has 1 aliphatic carbocycles. The first-order valence-corrected chi connectivity index (χ1v) is 10.3. The van der Waals surface area contributed by atoms with E-state index in [2.05, 4.69) is 47.4 Å². The van der Waals surface area contributed by atoms with Crippen LogP contribution in [0, 0.1) is 0 Å². The molecule has 4 aromatic rings. The fourth-order valence-electron chi connectivity index (χ4n) is 3.44. The van der Waals surface area contributed by atoms with Gasteiger partial charge >= 0.3 is 0 Å². The third kappa shape index (κ3) is 2.75. The molecule has 0 amide bonds. The largest absolute Gasteiger partial charge is 0.293 e. The Morgan fingerprint density at radius 1 is 0.962 bits per heavy atom. The highest BCUT2D eigenvalue weighted by Gasteiger charge is 2.19. The molecule has 0 saturated carbocycles. The predicted octanol–water partition coefficient (Wildman–Crippen LogP) is 5.84. The summed E-state index contributed by atoms with van der Waals surface area (Å²) in [5.41, 5.74) is 6.95. The Balaban J connectivity index is 1.34. The Labute approximate surface area is 159 Å². The number of aromatic nitrogens is 1. The number of para-hydroxylation sites is 1. The van der Waals surface area contributed by atoms with E-state index in [1.165, 1.54) is 34.0 Å². The molecule has 1 aliphatic rings. The number of Topliss-reactive ketones (excluding diaryl/α,β-unsaturated/α-hetero) is 1. The van der Waals surface area contributed by atoms with Crippen molar-refractivity contribution in [1.29, 1.82) is 0 Å². The van der Waals surface area contributed by atoms with Crippen LogP contribution in [-0.4, -0.2) is 16.5 Å². The summed E-state index contributed by atoms with van der Waals surface area (Å²) in [5, 5.41) is 0. The van der Waals surface area contributed by atoms with Gasteiger partial charge in [0.05, 0.1) is 16.0 Å². The van der Waals surface area contributed by atoms with Crippen LogP contribution in [0.4, 0.5) is 0 Å². The zero-order valence-electron chi connectivity index (χ0n) is 13.9. The number of rotatable bonds is 4. The van der Waals surface area contributed by atoms with E-state index in [1.807, 2.05) is 24.3 Å². The van der Waals surface area contributed by atoms with Gasteiger partial charge in [-0.1, -0.05) is 60.3 Å². The van der Waals surface area contributed by atoms with Gasteiger partial charge in [-0.25, -0.2) is 4.98 Å². The molecular weight excluding hydrogens is 358 g/mol. The van der Waals surface area contributed by atoms with E-state index in [0.29, 0.717) is 5.75 Å². The Kier molecular flexibility index (Phi) is 3.88. The topological polar surface area (TPSA) is 30.0 Å². The van der Waals surface area contributed by atoms with Crippen molar-refractivity contribution in [2.75, 3.05) is 5.75 Å². The minimum absolute atomic E-state index is 0.160. The maximum Gasteiger partial charge on any atom is 0.173 e. The van der Waals surface area contributed by atoms with E-state index in [0.717, 1.165) is 26.5 Å². The fraction of sp³-hybridized carbons (Fsp3) is 0.0909. The van der Waals surface area contributed by atoms with Crippen LogP contribution in [0.3, 0.4) is 0 Å². The van der Waals surface area contributed by atoms with Gasteiger partial charge in [0, 0.05) is 5.56 Å². The van der Waals surface area contributed by atoms with E-state index in [-0.39, 0.29) is 5.78 Å². The van der Waals surface area contributed by atoms with Crippen molar-refractivity contribution in [3.05, 3.63) is 83.4 Å². The number of hydrogen-bond donors (Lipinski definition) is 0. The molecule has 3 aromatic carbocycles. The summed E-state index contributed by atoms with van der Waals surface area (Å²) in [4.78, 5) is 17.3. The van der Waals surface area contributed by atoms with Crippen molar-refractivity contribution in [2.45, 2.75) is 10.8 Å². The number of carbonyl (C=O) groups excluding carboxylic acids is 1. The van der Waals surface area contributed by atoms with Crippen molar-refractivity contribution < 1.29 is 4.79 Å². The van der Waals surface area contributed by atoms with Crippen LogP contribution in [0.1, 0.15) is 21.5 Å². The molecule has 0 fully saturated rings. The Morgan fingerprint density at radius 3 is 2.69 bits per heavy atom. The third-order valence-electron chi connectivity index (χ3n) is 4.72. The number of thioether (sulfide) groups is 1. The number of carbonyl (C=O) groups is 1. The molecule has 1 aromatic heterocycles. The summed E-state index contributed by atoms with van der Waals surface area (Å²) >= 11 is 3.17. The van der Waals surface area contributed by atoms with Crippen LogP contribution < -0.4 is 0 Å². The van der Waals surface area contributed by atoms with Gasteiger partial charge < -0.3 is 0 Å². The zero-order valence-corrected chi connectivity index (χ0v) is 15.6. The number of thiazole rings is 1. The maximum atomic E-state index is 12.7. The molecule has 0 bridgehead atoms. The second kappa shape index (κ2) is 6.38. The fourth-order valence-corrected chi connectivity index (χ4v) is 5.40. The summed E-state index contributed by atoms with van der Waals surface area (Å²) < 4.78 is 2.12. The highest BCUT2D eigenvalue weighted by molar-refractivity contribution is 8.01. The van der Waals surface area contributed by atoms with Crippen LogP contribution in [-0.2, 0) is 6.42 Å². The summed E-state index contributed by atoms with van der Waals surface area (Å²) in [6, 6.07) is 22.7. The summed E-state index contributed by atoms with van der Waals surface area (Å²) in [6.45, 7) is 0. The van der Waals surface area contributed by atoms with Crippen molar-refractivity contribution in [3.8, 4) is 11.1 Å². The standard InChI is InChI=1S/C22H15NOS2/c24-20(13-25-22-23-19-7-3-4-8-21(19)26-22)15-9-10-18-16(12-15)11-14-5-1-2-6-17(14)18/h1-10,12H,11,13H2. The minimum Gasteiger partial charge on any atom is -0.293 e. The second-order valence-electron chi connectivity index (χ2n) is 6.37. The molecule has 4 heteroatoms. The molecule has 0 spiro atoms. The smallest absolute Gasteiger partial charge is 0.173 e. The molecule has 126 valence electrons. The van der Waals surface area contributed by atoms with Gasteiger partial charge in [0.1, 0.15) is 0 Å². The number of nitrogens with zero attached hydrogens (tertiary/aromatic N) is 1. The highest BCUT2D eigenvalue weighted by atomic mass is 32.2. The lowest BCUT2D eigenvalue weighted by molar-refractivity contribution is 0.102. The quantitative estimate of drug-likeness (QED) is 0.293. The highest BCUT2D eigenvalue weighted by Crippen LogP contribution is 2.37. The van der Waals surface area contributed by atoms with E-state index in [9.17, 15) is 4.79 Å². The Morgan fingerprint density at radius 2 is 1.77 bits per heavy atom. The van der Waals surface area contributed by atoms with Crippen LogP contribution in [0.15, 0.2) is 71.1 Å². The van der Waals surface area contributed by atoms with Crippen molar-refractivity contribution in [2.24, 2.45) is 0 Å². The molecule has 1 heterocycles. The van der Waals surface area contributed by atoms with Gasteiger partial charge in [-0.2, -0.15) is 0 Å². The van der Waals surface area contributed by atoms with Gasteiger partial charge in [0.2, 0.25) is 0 Å². The van der Waals surface area contributed by atoms with E-state index in [4.69, 9.17) is 0 Å². The maximum absolute atomic E-state index is 12.7. The SMILES string of the molecule is O=C(CSc1nc2ccccc2s1)c1ccc2c(c1)Cc1ccccc1-2. The zero-order chi connectivity index (χ0) is 17.5. The van der Waals surface area contributed by atoms with Crippen molar-refractivity contribution in [3.63, 3.8) is 0 Å². The predicted molar refractivity (Wildman–Crippen MR) is 109 cm³/mol. The van der Waals surface area contributed by atoms with Crippen molar-refractivity contribution in [1.82, 2.24) is 4.98 Å². The molecular formula is C22H15NOS2. The molecule has 2 nitrogen and oxygen atoms in total. The van der Waals surface area contributed by atoms with Crippen molar-refractivity contribution >= 4 is 39.1 Å². The number of hydrogen-bond acceptors (Lipinski definition) is 4. The molecule has 0 aliphatic heterocycles. The molecule has 0 atom stereocenters. The molecule has 0 saturated heterocycles. The van der Waals surface area contributed by atoms with E-state index < -0.39 is 0 Å². The van der Waals surface area contributed by atoms with E-state index in [1.54, 1.807) is 11.3 Å². The number of fused-ring (bicyclic) bond motifs is 4. The minimum atomic E-state index is 0.160. The Bertz CT molecular complexity index is 1110. The van der Waals surface area contributed by atoms with Gasteiger partial charge in [0.15, 0.2) is 10.1 Å². The first kappa shape index (κ1) is 15.8. The summed E-state index contributed by atoms with van der Waals surface area (Å²) in [5.74, 6) is 0.582. The lowest BCUT2D eigenvalue weighted by atomic mass is 10.0. The molecule has 0 unspecified atom stereocenters. The molecule has 26 heavy (non-hydrogen) atoms. The van der Waals surface area contributed by atoms with Crippen LogP contribution in [0.2, 0.25) is 0 Å². The van der Waals surface area contributed by atoms with Crippen LogP contribution in [0.5, 0.6) is 0 Å². The summed E-state index contributed by atoms with van der Waals surface area (Å²) in [7, 11) is 0.